The molecule has 1 aromatic rings. The summed E-state index contributed by atoms with van der Waals surface area (Å²) in [5.74, 6) is -0.326. The van der Waals surface area contributed by atoms with Crippen LogP contribution in [0.1, 0.15) is 62.9 Å². The number of rotatable bonds is 10. The Hall–Kier alpha value is -1.58. The predicted molar refractivity (Wildman–Crippen MR) is 77.4 cm³/mol. The normalized spacial score (nSPS) is 10.3. The van der Waals surface area contributed by atoms with Crippen LogP contribution in [0.3, 0.4) is 0 Å². The van der Waals surface area contributed by atoms with Gasteiger partial charge in [0.05, 0.1) is 6.61 Å². The Kier molecular flexibility index (Phi) is 8.43. The molecular formula is C16H26NO3+. The van der Waals surface area contributed by atoms with Gasteiger partial charge >= 0.3 is 11.7 Å². The zero-order valence-corrected chi connectivity index (χ0v) is 12.6. The summed E-state index contributed by atoms with van der Waals surface area (Å²) in [5.41, 5.74) is 0.431. The average Bonchev–Trinajstić information content (AvgIpc) is 2.47. The number of nitrogens with zero attached hydrogens (tertiary/aromatic N) is 1. The maximum atomic E-state index is 12.0. The third kappa shape index (κ3) is 6.04. The van der Waals surface area contributed by atoms with Crippen molar-refractivity contribution in [3.05, 3.63) is 30.1 Å². The van der Waals surface area contributed by atoms with E-state index in [0.717, 1.165) is 12.8 Å². The Balaban J connectivity index is 2.29. The lowest BCUT2D eigenvalue weighted by Gasteiger charge is -2.04. The van der Waals surface area contributed by atoms with Crippen molar-refractivity contribution in [1.29, 1.82) is 0 Å². The van der Waals surface area contributed by atoms with Crippen LogP contribution in [0.25, 0.3) is 0 Å². The van der Waals surface area contributed by atoms with Gasteiger partial charge in [0.15, 0.2) is 6.61 Å². The van der Waals surface area contributed by atoms with Crippen molar-refractivity contribution in [3.8, 4) is 0 Å². The third-order valence-electron chi connectivity index (χ3n) is 3.03. The summed E-state index contributed by atoms with van der Waals surface area (Å²) >= 11 is 0. The fourth-order valence-corrected chi connectivity index (χ4v) is 1.96. The smallest absolute Gasteiger partial charge is 0.408 e. The van der Waals surface area contributed by atoms with Crippen molar-refractivity contribution in [2.75, 3.05) is 13.2 Å². The molecule has 0 saturated carbocycles. The predicted octanol–water partition coefficient (Wildman–Crippen LogP) is 2.94. The van der Waals surface area contributed by atoms with E-state index in [4.69, 9.17) is 9.57 Å². The Morgan fingerprint density at radius 2 is 1.85 bits per heavy atom. The number of carbonyl (C=O) groups excluding carboxylic acids is 1. The molecule has 0 radical (unpaired) electrons. The number of pyridine rings is 1. The maximum absolute atomic E-state index is 12.0. The number of hydrogen-bond donors (Lipinski definition) is 0. The van der Waals surface area contributed by atoms with E-state index in [1.165, 1.54) is 30.4 Å². The van der Waals surface area contributed by atoms with E-state index >= 15 is 0 Å². The topological polar surface area (TPSA) is 39.4 Å². The van der Waals surface area contributed by atoms with Crippen molar-refractivity contribution in [2.24, 2.45) is 0 Å². The molecule has 0 aliphatic carbocycles. The number of unbranched alkanes of at least 4 members (excludes halogenated alkanes) is 5. The minimum absolute atomic E-state index is 0.326. The van der Waals surface area contributed by atoms with E-state index in [1.54, 1.807) is 18.3 Å². The molecule has 0 spiro atoms. The number of carbonyl (C=O) groups is 1. The SMILES string of the molecule is CCCCCCCCOC(=O)c1cccc[n+]1OCC. The van der Waals surface area contributed by atoms with Gasteiger partial charge in [-0.15, -0.1) is 0 Å². The standard InChI is InChI=1S/C16H26NO3/c1-3-5-6-7-8-11-14-19-16(18)15-12-9-10-13-17(15)20-4-2/h9-10,12-13H,3-8,11,14H2,1-2H3/q+1. The van der Waals surface area contributed by atoms with E-state index in [0.29, 0.717) is 18.9 Å². The molecule has 0 amide bonds. The summed E-state index contributed by atoms with van der Waals surface area (Å²) in [6.07, 6.45) is 8.79. The van der Waals surface area contributed by atoms with Crippen molar-refractivity contribution < 1.29 is 19.1 Å². The minimum Gasteiger partial charge on any atom is -0.458 e. The molecule has 112 valence electrons. The molecular weight excluding hydrogens is 254 g/mol. The van der Waals surface area contributed by atoms with Gasteiger partial charge in [0.25, 0.3) is 0 Å². The monoisotopic (exact) mass is 280 g/mol. The molecule has 0 fully saturated rings. The molecule has 0 N–H and O–H groups in total. The van der Waals surface area contributed by atoms with Crippen LogP contribution in [-0.2, 0) is 4.74 Å². The first-order valence-electron chi connectivity index (χ1n) is 7.60. The maximum Gasteiger partial charge on any atom is 0.408 e. The van der Waals surface area contributed by atoms with Crippen LogP contribution in [0.4, 0.5) is 0 Å². The highest BCUT2D eigenvalue weighted by molar-refractivity contribution is 5.85. The summed E-state index contributed by atoms with van der Waals surface area (Å²) in [5, 5.41) is 0. The van der Waals surface area contributed by atoms with Crippen LogP contribution in [0.2, 0.25) is 0 Å². The van der Waals surface area contributed by atoms with Crippen molar-refractivity contribution in [2.45, 2.75) is 52.4 Å². The molecule has 0 aliphatic heterocycles. The van der Waals surface area contributed by atoms with Crippen LogP contribution in [-0.4, -0.2) is 19.2 Å². The van der Waals surface area contributed by atoms with E-state index in [2.05, 4.69) is 6.92 Å². The van der Waals surface area contributed by atoms with Crippen LogP contribution in [0.15, 0.2) is 24.4 Å². The van der Waals surface area contributed by atoms with Gasteiger partial charge in [0, 0.05) is 16.9 Å². The fourth-order valence-electron chi connectivity index (χ4n) is 1.96. The van der Waals surface area contributed by atoms with Gasteiger partial charge in [0.2, 0.25) is 6.20 Å². The van der Waals surface area contributed by atoms with Crippen molar-refractivity contribution in [3.63, 3.8) is 0 Å². The van der Waals surface area contributed by atoms with Gasteiger partial charge in [-0.25, -0.2) is 4.79 Å². The lowest BCUT2D eigenvalue weighted by Crippen LogP contribution is -2.47. The minimum atomic E-state index is -0.326. The van der Waals surface area contributed by atoms with Gasteiger partial charge in [0.1, 0.15) is 0 Å². The highest BCUT2D eigenvalue weighted by Gasteiger charge is 2.21. The Morgan fingerprint density at radius 3 is 2.60 bits per heavy atom. The zero-order valence-electron chi connectivity index (χ0n) is 12.6. The highest BCUT2D eigenvalue weighted by atomic mass is 16.7. The molecule has 0 aromatic carbocycles. The lowest BCUT2D eigenvalue weighted by molar-refractivity contribution is -0.892. The zero-order chi connectivity index (χ0) is 14.6. The van der Waals surface area contributed by atoms with Crippen LogP contribution in [0.5, 0.6) is 0 Å². The number of esters is 1. The van der Waals surface area contributed by atoms with Gasteiger partial charge in [-0.3, -0.25) is 4.84 Å². The molecule has 4 nitrogen and oxygen atoms in total. The van der Waals surface area contributed by atoms with Gasteiger partial charge in [-0.05, 0) is 19.4 Å². The summed E-state index contributed by atoms with van der Waals surface area (Å²) in [6, 6.07) is 5.33. The summed E-state index contributed by atoms with van der Waals surface area (Å²) < 4.78 is 6.74. The quantitative estimate of drug-likeness (QED) is 0.376. The van der Waals surface area contributed by atoms with Crippen LogP contribution < -0.4 is 9.57 Å². The molecule has 0 atom stereocenters. The van der Waals surface area contributed by atoms with Gasteiger partial charge in [-0.1, -0.05) is 39.0 Å². The van der Waals surface area contributed by atoms with Crippen molar-refractivity contribution >= 4 is 5.97 Å². The van der Waals surface area contributed by atoms with Crippen molar-refractivity contribution in [1.82, 2.24) is 0 Å². The summed E-state index contributed by atoms with van der Waals surface area (Å²) in [6.45, 7) is 5.07. The van der Waals surface area contributed by atoms with Crippen LogP contribution >= 0.6 is 0 Å². The molecule has 0 bridgehead atoms. The summed E-state index contributed by atoms with van der Waals surface area (Å²) in [4.78, 5) is 17.3. The second kappa shape index (κ2) is 10.2. The molecule has 1 rings (SSSR count). The Bertz CT molecular complexity index is 393. The molecule has 0 unspecified atom stereocenters. The molecule has 1 aromatic heterocycles. The first-order chi connectivity index (χ1) is 9.79. The molecule has 0 saturated heterocycles. The average molecular weight is 280 g/mol. The second-order valence-corrected chi connectivity index (χ2v) is 4.73. The number of ether oxygens (including phenoxy) is 1. The highest BCUT2D eigenvalue weighted by Crippen LogP contribution is 2.05. The molecule has 20 heavy (non-hydrogen) atoms. The molecule has 0 aliphatic rings. The Morgan fingerprint density at radius 1 is 1.10 bits per heavy atom. The van der Waals surface area contributed by atoms with E-state index in [1.807, 2.05) is 13.0 Å². The molecule has 4 heteroatoms. The van der Waals surface area contributed by atoms with E-state index < -0.39 is 0 Å². The van der Waals surface area contributed by atoms with Crippen LogP contribution in [0, 0.1) is 0 Å². The third-order valence-corrected chi connectivity index (χ3v) is 3.03. The largest absolute Gasteiger partial charge is 0.458 e. The molecule has 1 heterocycles. The second-order valence-electron chi connectivity index (χ2n) is 4.73. The Labute approximate surface area is 121 Å². The first kappa shape index (κ1) is 16.5. The summed E-state index contributed by atoms with van der Waals surface area (Å²) in [7, 11) is 0. The fraction of sp³-hybridized carbons (Fsp3) is 0.625. The van der Waals surface area contributed by atoms with Gasteiger partial charge < -0.3 is 4.74 Å². The number of hydrogen-bond acceptors (Lipinski definition) is 3. The number of aromatic nitrogens is 1. The van der Waals surface area contributed by atoms with E-state index in [-0.39, 0.29) is 5.97 Å². The van der Waals surface area contributed by atoms with E-state index in [9.17, 15) is 4.79 Å². The first-order valence-corrected chi connectivity index (χ1v) is 7.60. The van der Waals surface area contributed by atoms with Gasteiger partial charge in [-0.2, -0.15) is 0 Å². The lowest BCUT2D eigenvalue weighted by atomic mass is 10.1.